The van der Waals surface area contributed by atoms with E-state index in [1.54, 1.807) is 13.0 Å². The first-order chi connectivity index (χ1) is 7.27. The molecule has 1 rings (SSSR count). The highest BCUT2D eigenvalue weighted by Gasteiger charge is 2.29. The quantitative estimate of drug-likeness (QED) is 0.212. The van der Waals surface area contributed by atoms with Crippen molar-refractivity contribution in [2.75, 3.05) is 13.2 Å². The summed E-state index contributed by atoms with van der Waals surface area (Å²) in [4.78, 5) is 16.2. The number of ether oxygens (including phenoxy) is 1. The second-order valence-corrected chi connectivity index (χ2v) is 3.42. The van der Waals surface area contributed by atoms with Crippen LogP contribution in [-0.2, 0) is 14.4 Å². The predicted octanol–water partition coefficient (Wildman–Crippen LogP) is 1.91. The lowest BCUT2D eigenvalue weighted by Gasteiger charge is -2.04. The van der Waals surface area contributed by atoms with Crippen LogP contribution in [-0.4, -0.2) is 24.9 Å². The maximum Gasteiger partial charge on any atom is 0.311 e. The molecule has 1 saturated carbocycles. The topological polar surface area (TPSA) is 47.9 Å². The monoisotopic (exact) mass is 211 g/mol. The zero-order chi connectivity index (χ0) is 11.1. The van der Waals surface area contributed by atoms with Gasteiger partial charge in [-0.05, 0) is 19.8 Å². The maximum atomic E-state index is 11.2. The Bertz CT molecular complexity index is 257. The summed E-state index contributed by atoms with van der Waals surface area (Å²) >= 11 is 0. The van der Waals surface area contributed by atoms with Crippen LogP contribution in [0.1, 0.15) is 26.2 Å². The highest BCUT2D eigenvalue weighted by atomic mass is 16.6. The molecular formula is C11H17NO3. The molecule has 0 heterocycles. The summed E-state index contributed by atoms with van der Waals surface area (Å²) in [6.07, 6.45) is 4.05. The van der Waals surface area contributed by atoms with E-state index in [1.165, 1.54) is 0 Å². The van der Waals surface area contributed by atoms with Crippen molar-refractivity contribution >= 4 is 11.7 Å². The van der Waals surface area contributed by atoms with Crippen LogP contribution in [0.5, 0.6) is 0 Å². The van der Waals surface area contributed by atoms with E-state index in [-0.39, 0.29) is 12.4 Å². The maximum absolute atomic E-state index is 11.2. The van der Waals surface area contributed by atoms with E-state index >= 15 is 0 Å². The lowest BCUT2D eigenvalue weighted by atomic mass is 10.2. The molecule has 0 bridgehead atoms. The molecule has 84 valence electrons. The van der Waals surface area contributed by atoms with Gasteiger partial charge in [-0.2, -0.15) is 0 Å². The predicted molar refractivity (Wildman–Crippen MR) is 57.6 cm³/mol. The van der Waals surface area contributed by atoms with Gasteiger partial charge in [0, 0.05) is 5.92 Å². The second-order valence-electron chi connectivity index (χ2n) is 3.42. The van der Waals surface area contributed by atoms with Gasteiger partial charge < -0.3 is 9.57 Å². The van der Waals surface area contributed by atoms with Crippen molar-refractivity contribution in [1.82, 2.24) is 0 Å². The molecular weight excluding hydrogens is 194 g/mol. The fraction of sp³-hybridized carbons (Fsp3) is 0.636. The molecule has 15 heavy (non-hydrogen) atoms. The van der Waals surface area contributed by atoms with Crippen LogP contribution in [0.4, 0.5) is 0 Å². The van der Waals surface area contributed by atoms with E-state index in [4.69, 9.17) is 9.57 Å². The Morgan fingerprint density at radius 1 is 1.60 bits per heavy atom. The number of nitrogens with zero attached hydrogens (tertiary/aromatic N) is 1. The summed E-state index contributed by atoms with van der Waals surface area (Å²) in [6, 6.07) is 0. The molecule has 1 fully saturated rings. The summed E-state index contributed by atoms with van der Waals surface area (Å²) < 4.78 is 4.86. The van der Waals surface area contributed by atoms with E-state index in [0.717, 1.165) is 18.6 Å². The van der Waals surface area contributed by atoms with Gasteiger partial charge in [0.1, 0.15) is 6.61 Å². The van der Waals surface area contributed by atoms with Crippen LogP contribution in [0.25, 0.3) is 0 Å². The summed E-state index contributed by atoms with van der Waals surface area (Å²) in [5.74, 6) is 0.185. The van der Waals surface area contributed by atoms with E-state index in [2.05, 4.69) is 11.7 Å². The number of esters is 1. The average Bonchev–Trinajstić information content (AvgIpc) is 3.00. The third-order valence-corrected chi connectivity index (χ3v) is 2.05. The normalized spacial score (nSPS) is 15.9. The molecule has 0 aliphatic heterocycles. The number of hydrogen-bond donors (Lipinski definition) is 0. The fourth-order valence-electron chi connectivity index (χ4n) is 1.20. The SMILES string of the molecule is C=CCO/N=C(\CC(=O)OCC)C1CC1. The molecule has 0 atom stereocenters. The van der Waals surface area contributed by atoms with Crippen LogP contribution in [0, 0.1) is 5.92 Å². The van der Waals surface area contributed by atoms with Crippen LogP contribution >= 0.6 is 0 Å². The highest BCUT2D eigenvalue weighted by molar-refractivity contribution is 6.01. The summed E-state index contributed by atoms with van der Waals surface area (Å²) in [7, 11) is 0. The van der Waals surface area contributed by atoms with E-state index in [0.29, 0.717) is 19.1 Å². The first kappa shape index (κ1) is 11.8. The first-order valence-corrected chi connectivity index (χ1v) is 5.23. The fourth-order valence-corrected chi connectivity index (χ4v) is 1.20. The van der Waals surface area contributed by atoms with E-state index < -0.39 is 0 Å². The molecule has 0 spiro atoms. The lowest BCUT2D eigenvalue weighted by molar-refractivity contribution is -0.141. The number of carbonyl (C=O) groups excluding carboxylic acids is 1. The molecule has 1 aliphatic carbocycles. The van der Waals surface area contributed by atoms with Gasteiger partial charge in [-0.25, -0.2) is 0 Å². The average molecular weight is 211 g/mol. The van der Waals surface area contributed by atoms with Gasteiger partial charge in [-0.3, -0.25) is 4.79 Å². The van der Waals surface area contributed by atoms with Crippen molar-refractivity contribution in [3.63, 3.8) is 0 Å². The van der Waals surface area contributed by atoms with Crippen molar-refractivity contribution in [2.24, 2.45) is 11.1 Å². The van der Waals surface area contributed by atoms with Gasteiger partial charge in [0.15, 0.2) is 0 Å². The Hall–Kier alpha value is -1.32. The minimum absolute atomic E-state index is 0.231. The Kier molecular flexibility index (Phi) is 4.87. The highest BCUT2D eigenvalue weighted by Crippen LogP contribution is 2.32. The molecule has 0 aromatic heterocycles. The van der Waals surface area contributed by atoms with E-state index in [9.17, 15) is 4.79 Å². The van der Waals surface area contributed by atoms with Crippen LogP contribution < -0.4 is 0 Å². The van der Waals surface area contributed by atoms with Gasteiger partial charge in [-0.15, -0.1) is 0 Å². The third kappa shape index (κ3) is 4.63. The molecule has 0 aromatic carbocycles. The van der Waals surface area contributed by atoms with Crippen LogP contribution in [0.15, 0.2) is 17.8 Å². The van der Waals surface area contributed by atoms with Gasteiger partial charge in [-0.1, -0.05) is 17.8 Å². The van der Waals surface area contributed by atoms with Gasteiger partial charge in [0.2, 0.25) is 0 Å². The zero-order valence-electron chi connectivity index (χ0n) is 9.07. The van der Waals surface area contributed by atoms with Crippen molar-refractivity contribution in [1.29, 1.82) is 0 Å². The number of rotatable bonds is 7. The molecule has 0 amide bonds. The molecule has 0 aromatic rings. The third-order valence-electron chi connectivity index (χ3n) is 2.05. The van der Waals surface area contributed by atoms with Crippen LogP contribution in [0.3, 0.4) is 0 Å². The Labute approximate surface area is 89.9 Å². The van der Waals surface area contributed by atoms with Crippen LogP contribution in [0.2, 0.25) is 0 Å². The molecule has 0 saturated heterocycles. The van der Waals surface area contributed by atoms with Gasteiger partial charge >= 0.3 is 5.97 Å². The Morgan fingerprint density at radius 2 is 2.33 bits per heavy atom. The van der Waals surface area contributed by atoms with Gasteiger partial charge in [0.05, 0.1) is 18.7 Å². The Morgan fingerprint density at radius 3 is 2.87 bits per heavy atom. The molecule has 0 unspecified atom stereocenters. The van der Waals surface area contributed by atoms with Crippen molar-refractivity contribution in [2.45, 2.75) is 26.2 Å². The minimum Gasteiger partial charge on any atom is -0.466 e. The molecule has 4 heteroatoms. The Balaban J connectivity index is 2.39. The summed E-state index contributed by atoms with van der Waals surface area (Å²) in [6.45, 7) is 6.10. The summed E-state index contributed by atoms with van der Waals surface area (Å²) in [5.41, 5.74) is 0.801. The largest absolute Gasteiger partial charge is 0.466 e. The molecule has 0 radical (unpaired) electrons. The molecule has 4 nitrogen and oxygen atoms in total. The number of hydrogen-bond acceptors (Lipinski definition) is 4. The second kappa shape index (κ2) is 6.22. The van der Waals surface area contributed by atoms with Gasteiger partial charge in [0.25, 0.3) is 0 Å². The molecule has 1 aliphatic rings. The molecule has 0 N–H and O–H groups in total. The summed E-state index contributed by atoms with van der Waals surface area (Å²) in [5, 5.41) is 3.94. The number of carbonyl (C=O) groups is 1. The van der Waals surface area contributed by atoms with Crippen molar-refractivity contribution < 1.29 is 14.4 Å². The minimum atomic E-state index is -0.231. The lowest BCUT2D eigenvalue weighted by Crippen LogP contribution is -2.13. The first-order valence-electron chi connectivity index (χ1n) is 5.23. The zero-order valence-corrected chi connectivity index (χ0v) is 9.07. The standard InChI is InChI=1S/C11H17NO3/c1-3-7-15-12-10(9-5-6-9)8-11(13)14-4-2/h3,9H,1,4-8H2,2H3/b12-10+. The number of oxime groups is 1. The van der Waals surface area contributed by atoms with Crippen molar-refractivity contribution in [3.8, 4) is 0 Å². The van der Waals surface area contributed by atoms with E-state index in [1.807, 2.05) is 0 Å². The smallest absolute Gasteiger partial charge is 0.311 e. The van der Waals surface area contributed by atoms with Crippen molar-refractivity contribution in [3.05, 3.63) is 12.7 Å².